The SMILES string of the molecule is Cc1[nH]c(=O)c(C#N)c[c]1[Mg][Br]. The molecule has 1 aromatic rings. The number of rotatable bonds is 1. The number of halogens is 1. The van der Waals surface area contributed by atoms with Gasteiger partial charge in [0.25, 0.3) is 5.56 Å². The van der Waals surface area contributed by atoms with Crippen LogP contribution in [0.3, 0.4) is 0 Å². The largest absolute Gasteiger partial charge is 0.509 e. The molecule has 5 heteroatoms. The van der Waals surface area contributed by atoms with Gasteiger partial charge in [-0.05, 0) is 12.6 Å². The molecule has 0 aliphatic heterocycles. The summed E-state index contributed by atoms with van der Waals surface area (Å²) >= 11 is 2.91. The molecule has 1 N–H and O–H groups in total. The molecule has 0 amide bonds. The lowest BCUT2D eigenvalue weighted by molar-refractivity contribution is 1.15. The van der Waals surface area contributed by atoms with Crippen molar-refractivity contribution in [1.29, 1.82) is 5.26 Å². The van der Waals surface area contributed by atoms with Gasteiger partial charge in [0.1, 0.15) is 11.6 Å². The maximum atomic E-state index is 11.1. The number of hydrogen-bond donors (Lipinski definition) is 1. The van der Waals surface area contributed by atoms with Crippen molar-refractivity contribution in [3.8, 4) is 6.07 Å². The number of aromatic nitrogens is 1. The van der Waals surface area contributed by atoms with E-state index in [9.17, 15) is 4.79 Å². The van der Waals surface area contributed by atoms with Gasteiger partial charge in [0.15, 0.2) is 0 Å². The number of aryl methyl sites for hydroxylation is 1. The molecule has 3 nitrogen and oxygen atoms in total. The third-order valence-corrected chi connectivity index (χ3v) is 4.45. The van der Waals surface area contributed by atoms with Crippen molar-refractivity contribution in [2.75, 3.05) is 0 Å². The Kier molecular flexibility index (Phi) is 3.32. The Labute approximate surface area is 85.4 Å². The Morgan fingerprint density at radius 3 is 2.92 bits per heavy atom. The van der Waals surface area contributed by atoms with Crippen LogP contribution in [0.5, 0.6) is 0 Å². The lowest BCUT2D eigenvalue weighted by atomic mass is 10.3. The summed E-state index contributed by atoms with van der Waals surface area (Å²) in [5.41, 5.74) is 0.763. The van der Waals surface area contributed by atoms with Gasteiger partial charge >= 0.3 is 18.2 Å². The van der Waals surface area contributed by atoms with Crippen LogP contribution in [-0.4, -0.2) is 23.2 Å². The average Bonchev–Trinajstić information content (AvgIpc) is 2.05. The van der Waals surface area contributed by atoms with E-state index in [1.165, 1.54) is 0 Å². The van der Waals surface area contributed by atoms with Crippen molar-refractivity contribution in [1.82, 2.24) is 4.98 Å². The van der Waals surface area contributed by atoms with E-state index < -0.39 is 18.2 Å². The highest BCUT2D eigenvalue weighted by molar-refractivity contribution is 9.23. The standard InChI is InChI=1S/C7H5N2O.BrH.Mg/c1-5-2-3-6(4-8)7(10)9-5;;/h3H,1H3,(H,9,10);1H;/q;;+1/p-1. The number of nitrogens with zero attached hydrogens (tertiary/aromatic N) is 1. The first-order chi connectivity index (χ1) is 5.69. The summed E-state index contributed by atoms with van der Waals surface area (Å²) in [7, 11) is 0. The molecule has 0 fully saturated rings. The summed E-state index contributed by atoms with van der Waals surface area (Å²) < 4.78 is 1.08. The van der Waals surface area contributed by atoms with Crippen LogP contribution < -0.4 is 9.25 Å². The van der Waals surface area contributed by atoms with Gasteiger partial charge in [-0.1, -0.05) is 6.07 Å². The number of hydrogen-bond acceptors (Lipinski definition) is 2. The fraction of sp³-hybridized carbons (Fsp3) is 0.143. The van der Waals surface area contributed by atoms with E-state index in [0.717, 1.165) is 9.39 Å². The van der Waals surface area contributed by atoms with Gasteiger partial charge < -0.3 is 4.98 Å². The van der Waals surface area contributed by atoms with Crippen molar-refractivity contribution in [2.45, 2.75) is 6.92 Å². The van der Waals surface area contributed by atoms with Gasteiger partial charge in [-0.2, -0.15) is 5.26 Å². The second-order valence-electron chi connectivity index (χ2n) is 2.41. The first-order valence-corrected chi connectivity index (χ1v) is 7.98. The van der Waals surface area contributed by atoms with Crippen molar-refractivity contribution in [3.63, 3.8) is 0 Å². The molecule has 58 valence electrons. The minimum Gasteiger partial charge on any atom is -0.328 e. The summed E-state index contributed by atoms with van der Waals surface area (Å²) in [6, 6.07) is 3.52. The van der Waals surface area contributed by atoms with Gasteiger partial charge in [0.05, 0.1) is 0 Å². The van der Waals surface area contributed by atoms with Crippen LogP contribution in [0, 0.1) is 18.3 Å². The normalized spacial score (nSPS) is 8.75. The van der Waals surface area contributed by atoms with Crippen molar-refractivity contribution >= 4 is 34.8 Å². The van der Waals surface area contributed by atoms with E-state index >= 15 is 0 Å². The van der Waals surface area contributed by atoms with Gasteiger partial charge in [-0.25, -0.2) is 0 Å². The minimum absolute atomic E-state index is 0.197. The quantitative estimate of drug-likeness (QED) is 0.709. The molecular weight excluding hydrogens is 232 g/mol. The van der Waals surface area contributed by atoms with Crippen LogP contribution in [-0.2, 0) is 0 Å². The van der Waals surface area contributed by atoms with Gasteiger partial charge in [-0.15, -0.1) is 3.69 Å². The highest BCUT2D eigenvalue weighted by Crippen LogP contribution is 1.90. The van der Waals surface area contributed by atoms with Crippen LogP contribution >= 0.6 is 12.9 Å². The molecule has 12 heavy (non-hydrogen) atoms. The molecule has 0 saturated carbocycles. The Morgan fingerprint density at radius 1 is 1.75 bits per heavy atom. The lowest BCUT2D eigenvalue weighted by Gasteiger charge is -2.00. The molecule has 0 radical (unpaired) electrons. The number of nitriles is 1. The Bertz CT molecular complexity index is 393. The first-order valence-electron chi connectivity index (χ1n) is 3.38. The van der Waals surface area contributed by atoms with Crippen molar-refractivity contribution in [2.24, 2.45) is 0 Å². The van der Waals surface area contributed by atoms with Crippen LogP contribution in [0.25, 0.3) is 0 Å². The monoisotopic (exact) mass is 236 g/mol. The molecule has 0 aliphatic rings. The fourth-order valence-electron chi connectivity index (χ4n) is 0.888. The lowest BCUT2D eigenvalue weighted by Crippen LogP contribution is -2.23. The van der Waals surface area contributed by atoms with Crippen molar-refractivity contribution in [3.05, 3.63) is 27.7 Å². The van der Waals surface area contributed by atoms with Crippen LogP contribution in [0.2, 0.25) is 0 Å². The van der Waals surface area contributed by atoms with Crippen LogP contribution in [0.15, 0.2) is 10.9 Å². The predicted octanol–water partition coefficient (Wildman–Crippen LogP) is 0.194. The molecule has 1 aromatic heterocycles. The minimum atomic E-state index is -0.493. The summed E-state index contributed by atoms with van der Waals surface area (Å²) in [5, 5.41) is 8.56. The second-order valence-corrected chi connectivity index (χ2v) is 5.12. The highest BCUT2D eigenvalue weighted by atomic mass is 79.9. The van der Waals surface area contributed by atoms with Crippen LogP contribution in [0.1, 0.15) is 11.3 Å². The maximum absolute atomic E-state index is 11.1. The zero-order valence-corrected chi connectivity index (χ0v) is 9.52. The van der Waals surface area contributed by atoms with Gasteiger partial charge in [0.2, 0.25) is 0 Å². The highest BCUT2D eigenvalue weighted by Gasteiger charge is 2.04. The Morgan fingerprint density at radius 2 is 2.42 bits per heavy atom. The van der Waals surface area contributed by atoms with E-state index in [-0.39, 0.29) is 11.1 Å². The molecule has 1 rings (SSSR count). The number of aromatic amines is 1. The first kappa shape index (κ1) is 9.77. The van der Waals surface area contributed by atoms with Gasteiger partial charge in [0, 0.05) is 0 Å². The zero-order chi connectivity index (χ0) is 9.14. The smallest absolute Gasteiger partial charge is 0.328 e. The van der Waals surface area contributed by atoms with E-state index in [0.29, 0.717) is 0 Å². The summed E-state index contributed by atoms with van der Waals surface area (Å²) in [6.07, 6.45) is 0. The van der Waals surface area contributed by atoms with Gasteiger partial charge in [-0.3, -0.25) is 17.7 Å². The van der Waals surface area contributed by atoms with Crippen molar-refractivity contribution < 1.29 is 0 Å². The molecule has 0 saturated heterocycles. The second kappa shape index (κ2) is 4.07. The molecular formula is C7H5BrMgN2O. The van der Waals surface area contributed by atoms with Crippen LogP contribution in [0.4, 0.5) is 0 Å². The Hall–Kier alpha value is -0.314. The summed E-state index contributed by atoms with van der Waals surface area (Å²) in [5.74, 6) is 0. The molecule has 0 unspecified atom stereocenters. The van der Waals surface area contributed by atoms with E-state index in [1.807, 2.05) is 13.0 Å². The fourth-order valence-corrected chi connectivity index (χ4v) is 3.21. The summed E-state index contributed by atoms with van der Waals surface area (Å²) in [4.78, 5) is 13.7. The third kappa shape index (κ3) is 1.89. The summed E-state index contributed by atoms with van der Waals surface area (Å²) in [6.45, 7) is 1.84. The Balaban J connectivity index is 3.40. The third-order valence-electron chi connectivity index (χ3n) is 1.61. The predicted molar refractivity (Wildman–Crippen MR) is 50.8 cm³/mol. The van der Waals surface area contributed by atoms with E-state index in [1.54, 1.807) is 6.07 Å². The molecule has 0 bridgehead atoms. The van der Waals surface area contributed by atoms with E-state index in [2.05, 4.69) is 17.9 Å². The molecule has 0 atom stereocenters. The maximum Gasteiger partial charge on any atom is 0.509 e. The number of H-pyrrole nitrogens is 1. The molecule has 0 aliphatic carbocycles. The molecule has 0 aromatic carbocycles. The number of pyridine rings is 1. The zero-order valence-electron chi connectivity index (χ0n) is 6.52. The molecule has 1 heterocycles. The van der Waals surface area contributed by atoms with E-state index in [4.69, 9.17) is 5.26 Å². The molecule has 0 spiro atoms. The number of nitrogens with one attached hydrogen (secondary N) is 1. The topological polar surface area (TPSA) is 56.6 Å². The average molecular weight is 237 g/mol.